The highest BCUT2D eigenvalue weighted by atomic mass is 16.2. The Kier molecular flexibility index (Phi) is 5.46. The average Bonchev–Trinajstić information content (AvgIpc) is 3.12. The van der Waals surface area contributed by atoms with E-state index >= 15 is 0 Å². The highest BCUT2D eigenvalue weighted by molar-refractivity contribution is 6.18. The van der Waals surface area contributed by atoms with Gasteiger partial charge in [0.05, 0.1) is 23.5 Å². The third-order valence-corrected chi connectivity index (χ3v) is 5.79. The number of H-pyrrole nitrogens is 1. The second-order valence-electron chi connectivity index (χ2n) is 8.05. The van der Waals surface area contributed by atoms with Crippen molar-refractivity contribution >= 4 is 34.6 Å². The van der Waals surface area contributed by atoms with E-state index < -0.39 is 6.04 Å². The number of nitrogens with two attached hydrogens (primary N) is 1. The van der Waals surface area contributed by atoms with Gasteiger partial charge in [-0.2, -0.15) is 5.10 Å². The molecule has 3 aromatic carbocycles. The summed E-state index contributed by atoms with van der Waals surface area (Å²) in [5.74, 6) is -0.629. The van der Waals surface area contributed by atoms with Crippen molar-refractivity contribution in [2.24, 2.45) is 10.8 Å². The molecule has 5 rings (SSSR count). The van der Waals surface area contributed by atoms with Crippen molar-refractivity contribution in [3.63, 3.8) is 0 Å². The molecule has 7 heteroatoms. The van der Waals surface area contributed by atoms with Gasteiger partial charge in [0, 0.05) is 22.2 Å². The number of rotatable bonds is 6. The van der Waals surface area contributed by atoms with Crippen LogP contribution in [0.15, 0.2) is 77.9 Å². The average molecular weight is 438 g/mol. The number of nitrogens with zero attached hydrogens (tertiary/aromatic N) is 1. The van der Waals surface area contributed by atoms with Crippen molar-refractivity contribution in [1.29, 1.82) is 0 Å². The van der Waals surface area contributed by atoms with E-state index in [1.807, 2.05) is 66.7 Å². The highest BCUT2D eigenvalue weighted by Crippen LogP contribution is 2.34. The van der Waals surface area contributed by atoms with E-state index in [0.717, 1.165) is 33.3 Å². The van der Waals surface area contributed by atoms with Gasteiger partial charge in [-0.05, 0) is 36.1 Å². The molecule has 2 heterocycles. The normalized spacial score (nSPS) is 13.4. The molecule has 5 N–H and O–H groups in total. The first-order valence-corrected chi connectivity index (χ1v) is 10.8. The van der Waals surface area contributed by atoms with Crippen LogP contribution in [0, 0.1) is 0 Å². The minimum atomic E-state index is -0.670. The van der Waals surface area contributed by atoms with Crippen LogP contribution in [0.1, 0.15) is 27.9 Å². The van der Waals surface area contributed by atoms with Gasteiger partial charge in [0.1, 0.15) is 0 Å². The number of amides is 2. The molecule has 0 fully saturated rings. The maximum Gasteiger partial charge on any atom is 0.272 e. The molecule has 0 radical (unpaired) electrons. The molecule has 7 nitrogen and oxygen atoms in total. The van der Waals surface area contributed by atoms with Crippen molar-refractivity contribution in [2.45, 2.75) is 18.9 Å². The number of hydrogen-bond donors (Lipinski definition) is 4. The summed E-state index contributed by atoms with van der Waals surface area (Å²) in [6.07, 6.45) is 2.87. The Labute approximate surface area is 190 Å². The number of nitrogens with one attached hydrogen (secondary N) is 3. The molecule has 1 aliphatic rings. The molecule has 0 saturated heterocycles. The third kappa shape index (κ3) is 4.14. The fourth-order valence-electron chi connectivity index (χ4n) is 4.12. The van der Waals surface area contributed by atoms with Crippen LogP contribution in [0.4, 0.5) is 5.69 Å². The molecule has 4 aromatic rings. The first-order valence-electron chi connectivity index (χ1n) is 10.8. The molecule has 0 saturated carbocycles. The van der Waals surface area contributed by atoms with Crippen molar-refractivity contribution in [3.05, 3.63) is 89.5 Å². The first kappa shape index (κ1) is 20.7. The molecule has 0 unspecified atom stereocenters. The van der Waals surface area contributed by atoms with Crippen LogP contribution in [0.25, 0.3) is 22.2 Å². The Morgan fingerprint density at radius 2 is 1.76 bits per heavy atom. The lowest BCUT2D eigenvalue weighted by atomic mass is 10.0. The summed E-state index contributed by atoms with van der Waals surface area (Å²) < 4.78 is 0. The summed E-state index contributed by atoms with van der Waals surface area (Å²) in [7, 11) is 0. The van der Waals surface area contributed by atoms with Gasteiger partial charge in [-0.1, -0.05) is 60.7 Å². The predicted molar refractivity (Wildman–Crippen MR) is 130 cm³/mol. The second-order valence-corrected chi connectivity index (χ2v) is 8.05. The Morgan fingerprint density at radius 1 is 1.03 bits per heavy atom. The molecule has 1 aliphatic heterocycles. The summed E-state index contributed by atoms with van der Waals surface area (Å²) in [6, 6.07) is 22.6. The quantitative estimate of drug-likeness (QED) is 0.368. The third-order valence-electron chi connectivity index (χ3n) is 5.79. The van der Waals surface area contributed by atoms with Crippen molar-refractivity contribution in [3.8, 4) is 11.3 Å². The maximum atomic E-state index is 12.8. The van der Waals surface area contributed by atoms with Gasteiger partial charge < -0.3 is 16.0 Å². The lowest BCUT2D eigenvalue weighted by Crippen LogP contribution is -2.36. The molecule has 33 heavy (non-hydrogen) atoms. The molecule has 164 valence electrons. The number of hydrogen-bond acceptors (Lipinski definition) is 4. The zero-order valence-electron chi connectivity index (χ0n) is 17.8. The van der Waals surface area contributed by atoms with Crippen LogP contribution in [-0.2, 0) is 11.2 Å². The lowest BCUT2D eigenvalue weighted by Gasteiger charge is -2.13. The summed E-state index contributed by atoms with van der Waals surface area (Å²) >= 11 is 0. The summed E-state index contributed by atoms with van der Waals surface area (Å²) in [5, 5.41) is 7.71. The van der Waals surface area contributed by atoms with Gasteiger partial charge in [0.2, 0.25) is 5.91 Å². The molecule has 0 spiro atoms. The van der Waals surface area contributed by atoms with Gasteiger partial charge in [-0.3, -0.25) is 9.59 Å². The van der Waals surface area contributed by atoms with E-state index in [0.29, 0.717) is 24.1 Å². The molecule has 0 aliphatic carbocycles. The summed E-state index contributed by atoms with van der Waals surface area (Å²) in [6.45, 7) is 0. The molecule has 1 atom stereocenters. The minimum Gasteiger partial charge on any atom is -0.354 e. The lowest BCUT2D eigenvalue weighted by molar-refractivity contribution is -0.117. The van der Waals surface area contributed by atoms with E-state index in [1.165, 1.54) is 0 Å². The molecular formula is C26H23N5O2. The summed E-state index contributed by atoms with van der Waals surface area (Å²) in [5.41, 5.74) is 14.1. The van der Waals surface area contributed by atoms with E-state index in [2.05, 4.69) is 20.8 Å². The van der Waals surface area contributed by atoms with Crippen molar-refractivity contribution in [2.75, 3.05) is 5.32 Å². The van der Waals surface area contributed by atoms with Gasteiger partial charge in [-0.15, -0.1) is 0 Å². The van der Waals surface area contributed by atoms with Gasteiger partial charge in [0.25, 0.3) is 5.91 Å². The van der Waals surface area contributed by atoms with Gasteiger partial charge >= 0.3 is 0 Å². The van der Waals surface area contributed by atoms with Crippen molar-refractivity contribution in [1.82, 2.24) is 10.4 Å². The topological polar surface area (TPSA) is 112 Å². The number of carbonyl (C=O) groups excluding carboxylic acids is 2. The van der Waals surface area contributed by atoms with Crippen LogP contribution in [0.5, 0.6) is 0 Å². The van der Waals surface area contributed by atoms with Gasteiger partial charge in [-0.25, -0.2) is 5.43 Å². The molecular weight excluding hydrogens is 414 g/mol. The zero-order chi connectivity index (χ0) is 22.8. The number of anilines is 1. The standard InChI is InChI=1S/C26H23N5O2/c27-21(12-11-16-7-3-1-4-8-16)26(33)29-18-13-19-23-20(15-28-31-25(19)32)24(30-22(23)14-18)17-9-5-2-6-10-17/h1-10,13-15,21,30H,11-12,27H2,(H,29,33)(H,31,32)/t21-/m0/s1. The largest absolute Gasteiger partial charge is 0.354 e. The van der Waals surface area contributed by atoms with Crippen LogP contribution in [0.2, 0.25) is 0 Å². The van der Waals surface area contributed by atoms with E-state index in [9.17, 15) is 9.59 Å². The van der Waals surface area contributed by atoms with Crippen LogP contribution >= 0.6 is 0 Å². The Balaban J connectivity index is 1.44. The maximum absolute atomic E-state index is 12.8. The van der Waals surface area contributed by atoms with E-state index in [1.54, 1.807) is 12.3 Å². The minimum absolute atomic E-state index is 0.294. The van der Waals surface area contributed by atoms with Crippen molar-refractivity contribution < 1.29 is 9.59 Å². The number of aromatic amines is 1. The number of aromatic nitrogens is 1. The fraction of sp³-hybridized carbons (Fsp3) is 0.115. The zero-order valence-corrected chi connectivity index (χ0v) is 17.8. The number of benzene rings is 3. The van der Waals surface area contributed by atoms with E-state index in [4.69, 9.17) is 5.73 Å². The SMILES string of the molecule is N[C@@H](CCc1ccccc1)C(=O)Nc1cc2c3c(c(-c4ccccc4)[nH]c3c1)C=NNC2=O. The fourth-order valence-corrected chi connectivity index (χ4v) is 4.12. The number of hydrazone groups is 1. The Bertz CT molecular complexity index is 1360. The predicted octanol–water partition coefficient (Wildman–Crippen LogP) is 3.81. The number of carbonyl (C=O) groups is 2. The molecule has 2 amide bonds. The second kappa shape index (κ2) is 8.72. The summed E-state index contributed by atoms with van der Waals surface area (Å²) in [4.78, 5) is 28.8. The number of aryl methyl sites for hydroxylation is 1. The Morgan fingerprint density at radius 3 is 2.52 bits per heavy atom. The van der Waals surface area contributed by atoms with Crippen LogP contribution in [0.3, 0.4) is 0 Å². The van der Waals surface area contributed by atoms with Crippen LogP contribution in [-0.4, -0.2) is 29.1 Å². The Hall–Kier alpha value is -4.23. The molecule has 0 bridgehead atoms. The first-order chi connectivity index (χ1) is 16.1. The van der Waals surface area contributed by atoms with Crippen LogP contribution < -0.4 is 16.5 Å². The smallest absolute Gasteiger partial charge is 0.272 e. The highest BCUT2D eigenvalue weighted by Gasteiger charge is 2.23. The monoisotopic (exact) mass is 437 g/mol. The van der Waals surface area contributed by atoms with E-state index in [-0.39, 0.29) is 11.8 Å². The molecule has 1 aromatic heterocycles. The van der Waals surface area contributed by atoms with Gasteiger partial charge in [0.15, 0.2) is 0 Å².